The van der Waals surface area contributed by atoms with Crippen molar-refractivity contribution in [3.63, 3.8) is 0 Å². The summed E-state index contributed by atoms with van der Waals surface area (Å²) in [5.41, 5.74) is 1.64. The van der Waals surface area contributed by atoms with Crippen molar-refractivity contribution in [3.05, 3.63) is 63.5 Å². The van der Waals surface area contributed by atoms with Gasteiger partial charge in [-0.2, -0.15) is 0 Å². The number of aromatic amines is 1. The van der Waals surface area contributed by atoms with E-state index in [0.717, 1.165) is 9.26 Å². The highest BCUT2D eigenvalue weighted by Gasteiger charge is 2.00. The van der Waals surface area contributed by atoms with Gasteiger partial charge in [0.15, 0.2) is 5.78 Å². The summed E-state index contributed by atoms with van der Waals surface area (Å²) in [6, 6.07) is 11.3. The van der Waals surface area contributed by atoms with E-state index in [1.807, 2.05) is 42.6 Å². The normalized spacial score (nSPS) is 10.8. The molecule has 1 heterocycles. The standard InChI is InChI=1S/C13H10INO/c14-11-5-3-10(4-6-11)13(16)8-7-12-2-1-9-15-12/h1-9,15H. The Labute approximate surface area is 108 Å². The average Bonchev–Trinajstić information content (AvgIpc) is 2.80. The summed E-state index contributed by atoms with van der Waals surface area (Å²) < 4.78 is 1.13. The molecule has 0 atom stereocenters. The summed E-state index contributed by atoms with van der Waals surface area (Å²) in [6.45, 7) is 0. The summed E-state index contributed by atoms with van der Waals surface area (Å²) in [5, 5.41) is 0. The van der Waals surface area contributed by atoms with Crippen LogP contribution in [-0.4, -0.2) is 10.8 Å². The lowest BCUT2D eigenvalue weighted by atomic mass is 10.1. The van der Waals surface area contributed by atoms with Gasteiger partial charge in [-0.3, -0.25) is 4.79 Å². The number of carbonyl (C=O) groups is 1. The van der Waals surface area contributed by atoms with E-state index in [2.05, 4.69) is 27.6 Å². The molecule has 1 N–H and O–H groups in total. The van der Waals surface area contributed by atoms with Crippen molar-refractivity contribution in [2.45, 2.75) is 0 Å². The van der Waals surface area contributed by atoms with Gasteiger partial charge in [-0.15, -0.1) is 0 Å². The maximum absolute atomic E-state index is 11.7. The van der Waals surface area contributed by atoms with Crippen LogP contribution in [0.4, 0.5) is 0 Å². The van der Waals surface area contributed by atoms with Gasteiger partial charge >= 0.3 is 0 Å². The van der Waals surface area contributed by atoms with Crippen molar-refractivity contribution in [2.24, 2.45) is 0 Å². The Morgan fingerprint density at radius 3 is 2.56 bits per heavy atom. The highest BCUT2D eigenvalue weighted by molar-refractivity contribution is 14.1. The number of aromatic nitrogens is 1. The summed E-state index contributed by atoms with van der Waals surface area (Å²) >= 11 is 2.22. The Hall–Kier alpha value is -1.36. The van der Waals surface area contributed by atoms with Gasteiger partial charge in [-0.1, -0.05) is 12.1 Å². The minimum atomic E-state index is 0.0194. The van der Waals surface area contributed by atoms with Gasteiger partial charge in [0.05, 0.1) is 0 Å². The predicted molar refractivity (Wildman–Crippen MR) is 73.3 cm³/mol. The average molecular weight is 323 g/mol. The molecule has 0 bridgehead atoms. The van der Waals surface area contributed by atoms with Crippen molar-refractivity contribution in [1.29, 1.82) is 0 Å². The first-order valence-electron chi connectivity index (χ1n) is 4.87. The number of nitrogens with one attached hydrogen (secondary N) is 1. The summed E-state index contributed by atoms with van der Waals surface area (Å²) in [5.74, 6) is 0.0194. The zero-order valence-electron chi connectivity index (χ0n) is 8.48. The molecule has 1 aromatic heterocycles. The van der Waals surface area contributed by atoms with E-state index in [0.29, 0.717) is 5.56 Å². The first-order chi connectivity index (χ1) is 7.75. The number of hydrogen-bond acceptors (Lipinski definition) is 1. The van der Waals surface area contributed by atoms with Crippen LogP contribution in [0, 0.1) is 3.57 Å². The van der Waals surface area contributed by atoms with Crippen LogP contribution in [0.2, 0.25) is 0 Å². The molecule has 0 saturated heterocycles. The van der Waals surface area contributed by atoms with E-state index in [-0.39, 0.29) is 5.78 Å². The monoisotopic (exact) mass is 323 g/mol. The molecule has 2 aromatic rings. The van der Waals surface area contributed by atoms with Crippen LogP contribution in [0.3, 0.4) is 0 Å². The lowest BCUT2D eigenvalue weighted by Crippen LogP contribution is -1.93. The molecule has 0 amide bonds. The van der Waals surface area contributed by atoms with Gasteiger partial charge in [0.2, 0.25) is 0 Å². The highest BCUT2D eigenvalue weighted by Crippen LogP contribution is 2.08. The van der Waals surface area contributed by atoms with Crippen LogP contribution in [-0.2, 0) is 0 Å². The Morgan fingerprint density at radius 2 is 1.94 bits per heavy atom. The fourth-order valence-electron chi connectivity index (χ4n) is 1.32. The number of H-pyrrole nitrogens is 1. The summed E-state index contributed by atoms with van der Waals surface area (Å²) in [6.07, 6.45) is 5.18. The van der Waals surface area contributed by atoms with Gasteiger partial charge < -0.3 is 4.98 Å². The van der Waals surface area contributed by atoms with Gasteiger partial charge in [0.1, 0.15) is 0 Å². The number of hydrogen-bond donors (Lipinski definition) is 1. The van der Waals surface area contributed by atoms with Crippen molar-refractivity contribution in [3.8, 4) is 0 Å². The fourth-order valence-corrected chi connectivity index (χ4v) is 1.68. The van der Waals surface area contributed by atoms with Gasteiger partial charge in [-0.25, -0.2) is 0 Å². The molecule has 0 radical (unpaired) electrons. The molecule has 0 fully saturated rings. The number of carbonyl (C=O) groups excluding carboxylic acids is 1. The largest absolute Gasteiger partial charge is 0.362 e. The molecule has 3 heteroatoms. The van der Waals surface area contributed by atoms with E-state index in [9.17, 15) is 4.79 Å². The van der Waals surface area contributed by atoms with Crippen LogP contribution >= 0.6 is 22.6 Å². The molecular weight excluding hydrogens is 313 g/mol. The van der Waals surface area contributed by atoms with Crippen LogP contribution in [0.15, 0.2) is 48.7 Å². The number of ketones is 1. The SMILES string of the molecule is O=C(C=Cc1ccc[nH]1)c1ccc(I)cc1. The predicted octanol–water partition coefficient (Wildman–Crippen LogP) is 3.52. The molecule has 0 aliphatic rings. The second-order valence-corrected chi connectivity index (χ2v) is 4.58. The number of allylic oxidation sites excluding steroid dienone is 1. The third-order valence-corrected chi connectivity index (χ3v) is 2.88. The molecule has 0 saturated carbocycles. The Bertz CT molecular complexity index is 497. The highest BCUT2D eigenvalue weighted by atomic mass is 127. The topological polar surface area (TPSA) is 32.9 Å². The lowest BCUT2D eigenvalue weighted by molar-refractivity contribution is 0.104. The first-order valence-corrected chi connectivity index (χ1v) is 5.95. The smallest absolute Gasteiger partial charge is 0.185 e. The number of halogens is 1. The molecule has 0 aliphatic carbocycles. The molecule has 0 unspecified atom stereocenters. The molecule has 1 aromatic carbocycles. The van der Waals surface area contributed by atoms with Gasteiger partial charge in [-0.05, 0) is 59.0 Å². The molecule has 16 heavy (non-hydrogen) atoms. The first kappa shape index (κ1) is 11.1. The van der Waals surface area contributed by atoms with Crippen molar-refractivity contribution in [1.82, 2.24) is 4.98 Å². The maximum Gasteiger partial charge on any atom is 0.185 e. The van der Waals surface area contributed by atoms with E-state index in [4.69, 9.17) is 0 Å². The van der Waals surface area contributed by atoms with Crippen molar-refractivity contribution < 1.29 is 4.79 Å². The number of benzene rings is 1. The minimum Gasteiger partial charge on any atom is -0.362 e. The van der Waals surface area contributed by atoms with Crippen molar-refractivity contribution in [2.75, 3.05) is 0 Å². The van der Waals surface area contributed by atoms with Gasteiger partial charge in [0, 0.05) is 21.0 Å². The lowest BCUT2D eigenvalue weighted by Gasteiger charge is -1.95. The van der Waals surface area contributed by atoms with E-state index in [1.54, 1.807) is 12.2 Å². The third kappa shape index (κ3) is 2.82. The Kier molecular flexibility index (Phi) is 3.56. The molecule has 0 spiro atoms. The second kappa shape index (κ2) is 5.12. The summed E-state index contributed by atoms with van der Waals surface area (Å²) in [7, 11) is 0. The molecular formula is C13H10INO. The molecule has 0 aliphatic heterocycles. The zero-order valence-corrected chi connectivity index (χ0v) is 10.6. The van der Waals surface area contributed by atoms with E-state index >= 15 is 0 Å². The maximum atomic E-state index is 11.7. The Morgan fingerprint density at radius 1 is 1.19 bits per heavy atom. The van der Waals surface area contributed by atoms with Crippen LogP contribution in [0.1, 0.15) is 16.1 Å². The van der Waals surface area contributed by atoms with Crippen molar-refractivity contribution >= 4 is 34.5 Å². The van der Waals surface area contributed by atoms with Crippen LogP contribution in [0.25, 0.3) is 6.08 Å². The molecule has 80 valence electrons. The van der Waals surface area contributed by atoms with Gasteiger partial charge in [0.25, 0.3) is 0 Å². The van der Waals surface area contributed by atoms with E-state index < -0.39 is 0 Å². The van der Waals surface area contributed by atoms with Crippen LogP contribution < -0.4 is 0 Å². The summed E-state index contributed by atoms with van der Waals surface area (Å²) in [4.78, 5) is 14.8. The third-order valence-electron chi connectivity index (χ3n) is 2.17. The quantitative estimate of drug-likeness (QED) is 0.523. The van der Waals surface area contributed by atoms with Crippen LogP contribution in [0.5, 0.6) is 0 Å². The minimum absolute atomic E-state index is 0.0194. The Balaban J connectivity index is 2.11. The fraction of sp³-hybridized carbons (Fsp3) is 0. The molecule has 2 nitrogen and oxygen atoms in total. The molecule has 2 rings (SSSR count). The second-order valence-electron chi connectivity index (χ2n) is 3.33. The number of rotatable bonds is 3. The zero-order chi connectivity index (χ0) is 11.4. The van der Waals surface area contributed by atoms with E-state index in [1.165, 1.54) is 0 Å².